The van der Waals surface area contributed by atoms with Crippen LogP contribution < -0.4 is 4.74 Å². The summed E-state index contributed by atoms with van der Waals surface area (Å²) in [5.41, 5.74) is 1.79. The van der Waals surface area contributed by atoms with E-state index >= 15 is 0 Å². The van der Waals surface area contributed by atoms with E-state index < -0.39 is 0 Å². The SMILES string of the molecule is CCC1CCCN1C.c1cc2oc1cc2OC1CC1. The minimum Gasteiger partial charge on any atom is -0.486 e. The molecule has 3 heterocycles. The van der Waals surface area contributed by atoms with Crippen LogP contribution in [0.25, 0.3) is 11.2 Å². The highest BCUT2D eigenvalue weighted by atomic mass is 16.5. The van der Waals surface area contributed by atoms with E-state index in [1.807, 2.05) is 18.2 Å². The van der Waals surface area contributed by atoms with Crippen LogP contribution >= 0.6 is 0 Å². The Balaban J connectivity index is 0.000000123. The van der Waals surface area contributed by atoms with Crippen molar-refractivity contribution in [3.05, 3.63) is 18.2 Å². The Bertz CT molecular complexity index is 503. The zero-order valence-corrected chi connectivity index (χ0v) is 11.9. The highest BCUT2D eigenvalue weighted by Gasteiger charge is 2.25. The molecule has 2 fully saturated rings. The molecule has 2 aliphatic rings. The van der Waals surface area contributed by atoms with Crippen LogP contribution in [0.3, 0.4) is 0 Å². The first-order valence-corrected chi connectivity index (χ1v) is 7.45. The molecule has 0 aromatic carbocycles. The molecule has 19 heavy (non-hydrogen) atoms. The van der Waals surface area contributed by atoms with E-state index in [0.29, 0.717) is 6.10 Å². The van der Waals surface area contributed by atoms with Crippen molar-refractivity contribution in [1.82, 2.24) is 4.90 Å². The molecule has 0 amide bonds. The second kappa shape index (κ2) is 5.41. The van der Waals surface area contributed by atoms with Crippen molar-refractivity contribution in [3.63, 3.8) is 0 Å². The quantitative estimate of drug-likeness (QED) is 0.838. The molecule has 1 unspecified atom stereocenters. The van der Waals surface area contributed by atoms with Crippen LogP contribution in [0.15, 0.2) is 22.6 Å². The van der Waals surface area contributed by atoms with Gasteiger partial charge in [-0.05, 0) is 57.8 Å². The summed E-state index contributed by atoms with van der Waals surface area (Å²) in [5.74, 6) is 0.921. The van der Waals surface area contributed by atoms with E-state index in [4.69, 9.17) is 9.15 Å². The average Bonchev–Trinajstić information content (AvgIpc) is 2.83. The normalized spacial score (nSPS) is 23.6. The lowest BCUT2D eigenvalue weighted by Crippen LogP contribution is -2.23. The summed E-state index contributed by atoms with van der Waals surface area (Å²) in [6.45, 7) is 3.59. The van der Waals surface area contributed by atoms with Crippen LogP contribution in [-0.4, -0.2) is 30.6 Å². The Labute approximate surface area is 114 Å². The fraction of sp³-hybridized carbons (Fsp3) is 0.625. The van der Waals surface area contributed by atoms with E-state index in [9.17, 15) is 0 Å². The first-order chi connectivity index (χ1) is 9.26. The number of benzene rings is 1. The van der Waals surface area contributed by atoms with Gasteiger partial charge in [-0.1, -0.05) is 6.92 Å². The summed E-state index contributed by atoms with van der Waals surface area (Å²) in [4.78, 5) is 2.46. The molecule has 0 spiro atoms. The van der Waals surface area contributed by atoms with Gasteiger partial charge in [0.15, 0.2) is 11.3 Å². The lowest BCUT2D eigenvalue weighted by molar-refractivity contribution is 0.304. The molecule has 1 saturated carbocycles. The van der Waals surface area contributed by atoms with Crippen molar-refractivity contribution in [2.24, 2.45) is 0 Å². The molecule has 1 atom stereocenters. The second-order valence-electron chi connectivity index (χ2n) is 5.71. The number of rotatable bonds is 3. The van der Waals surface area contributed by atoms with Gasteiger partial charge in [0.2, 0.25) is 0 Å². The van der Waals surface area contributed by atoms with E-state index in [1.54, 1.807) is 0 Å². The number of hydrogen-bond donors (Lipinski definition) is 0. The van der Waals surface area contributed by atoms with Gasteiger partial charge in [0.05, 0.1) is 6.10 Å². The summed E-state index contributed by atoms with van der Waals surface area (Å²) < 4.78 is 10.9. The average molecular weight is 261 g/mol. The second-order valence-corrected chi connectivity index (χ2v) is 5.71. The molecular weight excluding hydrogens is 238 g/mol. The van der Waals surface area contributed by atoms with Crippen LogP contribution in [0, 0.1) is 0 Å². The van der Waals surface area contributed by atoms with Gasteiger partial charge in [-0.3, -0.25) is 0 Å². The molecule has 3 heteroatoms. The molecule has 1 aliphatic heterocycles. The number of ether oxygens (including phenoxy) is 1. The van der Waals surface area contributed by atoms with Crippen molar-refractivity contribution >= 4 is 11.2 Å². The first-order valence-electron chi connectivity index (χ1n) is 7.45. The van der Waals surface area contributed by atoms with Gasteiger partial charge in [-0.2, -0.15) is 0 Å². The summed E-state index contributed by atoms with van der Waals surface area (Å²) in [5, 5.41) is 0. The standard InChI is InChI=1S/C9H8O2.C7H15N/c1-2-6(1)10-9-5-7-3-4-8(9)11-7;1-3-7-5-4-6-8(7)2/h3-6H,1-2H2;7H,3-6H2,1-2H3. The van der Waals surface area contributed by atoms with Crippen LogP contribution in [0.5, 0.6) is 5.75 Å². The predicted molar refractivity (Wildman–Crippen MR) is 77.0 cm³/mol. The summed E-state index contributed by atoms with van der Waals surface area (Å²) >= 11 is 0. The molecule has 2 aromatic heterocycles. The summed E-state index contributed by atoms with van der Waals surface area (Å²) in [7, 11) is 2.22. The Hall–Kier alpha value is -1.22. The number of hydrogen-bond acceptors (Lipinski definition) is 3. The maximum absolute atomic E-state index is 5.58. The maximum atomic E-state index is 5.58. The van der Waals surface area contributed by atoms with Crippen LogP contribution in [0.2, 0.25) is 0 Å². The van der Waals surface area contributed by atoms with Gasteiger partial charge in [-0.15, -0.1) is 0 Å². The van der Waals surface area contributed by atoms with Gasteiger partial charge in [-0.25, -0.2) is 0 Å². The molecule has 2 bridgehead atoms. The molecule has 4 rings (SSSR count). The zero-order chi connectivity index (χ0) is 13.2. The molecule has 0 N–H and O–H groups in total. The van der Waals surface area contributed by atoms with Crippen LogP contribution in [0.4, 0.5) is 0 Å². The summed E-state index contributed by atoms with van der Waals surface area (Å²) in [6, 6.07) is 6.76. The fourth-order valence-corrected chi connectivity index (χ4v) is 2.72. The number of fused-ring (bicyclic) bond motifs is 2. The van der Waals surface area contributed by atoms with E-state index in [1.165, 1.54) is 38.6 Å². The highest BCUT2D eigenvalue weighted by molar-refractivity contribution is 5.69. The fourth-order valence-electron chi connectivity index (χ4n) is 2.72. The predicted octanol–water partition coefficient (Wildman–Crippen LogP) is 3.90. The molecular formula is C16H23NO2. The van der Waals surface area contributed by atoms with E-state index in [2.05, 4.69) is 18.9 Å². The van der Waals surface area contributed by atoms with Crippen molar-refractivity contribution < 1.29 is 9.15 Å². The largest absolute Gasteiger partial charge is 0.486 e. The molecule has 2 aromatic rings. The maximum Gasteiger partial charge on any atom is 0.169 e. The van der Waals surface area contributed by atoms with Gasteiger partial charge < -0.3 is 14.1 Å². The Morgan fingerprint density at radius 2 is 2.16 bits per heavy atom. The lowest BCUT2D eigenvalue weighted by Gasteiger charge is -2.16. The van der Waals surface area contributed by atoms with Crippen molar-refractivity contribution in [2.45, 2.75) is 51.2 Å². The van der Waals surface area contributed by atoms with E-state index in [0.717, 1.165) is 23.0 Å². The van der Waals surface area contributed by atoms with Gasteiger partial charge in [0.1, 0.15) is 5.58 Å². The third-order valence-corrected chi connectivity index (χ3v) is 4.10. The first kappa shape index (κ1) is 12.8. The van der Waals surface area contributed by atoms with Gasteiger partial charge in [0.25, 0.3) is 0 Å². The number of likely N-dealkylation sites (tertiary alicyclic amines) is 1. The van der Waals surface area contributed by atoms with Crippen LogP contribution in [0.1, 0.15) is 39.0 Å². The van der Waals surface area contributed by atoms with Gasteiger partial charge in [0, 0.05) is 12.1 Å². The number of nitrogens with zero attached hydrogens (tertiary/aromatic N) is 1. The minimum absolute atomic E-state index is 0.464. The Morgan fingerprint density at radius 1 is 1.32 bits per heavy atom. The third kappa shape index (κ3) is 3.03. The number of furan rings is 2. The summed E-state index contributed by atoms with van der Waals surface area (Å²) in [6.07, 6.45) is 7.02. The lowest BCUT2D eigenvalue weighted by atomic mass is 10.2. The van der Waals surface area contributed by atoms with E-state index in [-0.39, 0.29) is 0 Å². The van der Waals surface area contributed by atoms with Crippen LogP contribution in [-0.2, 0) is 0 Å². The molecule has 3 nitrogen and oxygen atoms in total. The topological polar surface area (TPSA) is 25.6 Å². The third-order valence-electron chi connectivity index (χ3n) is 4.10. The smallest absolute Gasteiger partial charge is 0.169 e. The zero-order valence-electron chi connectivity index (χ0n) is 11.9. The Morgan fingerprint density at radius 3 is 2.58 bits per heavy atom. The molecule has 1 aliphatic carbocycles. The van der Waals surface area contributed by atoms with Crippen molar-refractivity contribution in [1.29, 1.82) is 0 Å². The Kier molecular flexibility index (Phi) is 3.65. The van der Waals surface area contributed by atoms with Crippen molar-refractivity contribution in [3.8, 4) is 5.75 Å². The van der Waals surface area contributed by atoms with Gasteiger partial charge >= 0.3 is 0 Å². The van der Waals surface area contributed by atoms with Crippen molar-refractivity contribution in [2.75, 3.05) is 13.6 Å². The highest BCUT2D eigenvalue weighted by Crippen LogP contribution is 2.34. The molecule has 1 saturated heterocycles. The monoisotopic (exact) mass is 261 g/mol. The molecule has 0 radical (unpaired) electrons. The minimum atomic E-state index is 0.464. The molecule has 104 valence electrons.